The van der Waals surface area contributed by atoms with E-state index in [1.807, 2.05) is 72.9 Å². The number of oxime groups is 1. The maximum absolute atomic E-state index is 13.0. The Balaban J connectivity index is 0.000000698. The molecule has 0 heterocycles. The van der Waals surface area contributed by atoms with Crippen molar-refractivity contribution in [2.24, 2.45) is 5.16 Å². The van der Waals surface area contributed by atoms with Crippen LogP contribution >= 0.6 is 0 Å². The van der Waals surface area contributed by atoms with Crippen molar-refractivity contribution in [3.8, 4) is 0 Å². The van der Waals surface area contributed by atoms with Crippen LogP contribution in [0.15, 0.2) is 84.5 Å². The van der Waals surface area contributed by atoms with Gasteiger partial charge in [0.15, 0.2) is 0 Å². The first-order valence-electron chi connectivity index (χ1n) is 13.0. The van der Waals surface area contributed by atoms with Crippen LogP contribution in [0.4, 0.5) is 8.78 Å². The number of nitrogens with zero attached hydrogens (tertiary/aromatic N) is 2. The lowest BCUT2D eigenvalue weighted by molar-refractivity contribution is -0.140. The number of benzene rings is 3. The lowest BCUT2D eigenvalue weighted by Gasteiger charge is -2.26. The first kappa shape index (κ1) is 35.2. The van der Waals surface area contributed by atoms with Gasteiger partial charge in [0.2, 0.25) is 0 Å². The highest BCUT2D eigenvalue weighted by Gasteiger charge is 2.15. The van der Waals surface area contributed by atoms with Crippen LogP contribution in [0.5, 0.6) is 0 Å². The second-order valence-electron chi connectivity index (χ2n) is 7.87. The highest BCUT2D eigenvalue weighted by molar-refractivity contribution is 5.98. The van der Waals surface area contributed by atoms with E-state index in [2.05, 4.69) is 16.6 Å². The van der Waals surface area contributed by atoms with Crippen molar-refractivity contribution in [1.29, 1.82) is 0 Å². The Morgan fingerprint density at radius 2 is 1.36 bits per heavy atom. The van der Waals surface area contributed by atoms with Crippen LogP contribution in [-0.2, 0) is 14.5 Å². The van der Waals surface area contributed by atoms with Gasteiger partial charge in [-0.25, -0.2) is 13.6 Å². The predicted octanol–water partition coefficient (Wildman–Crippen LogP) is 8.89. The molecule has 1 unspecified atom stereocenters. The molecule has 0 saturated heterocycles. The molecule has 1 atom stereocenters. The molecule has 0 radical (unpaired) electrons. The minimum absolute atomic E-state index is 0.00799. The molecule has 0 fully saturated rings. The highest BCUT2D eigenvalue weighted by Crippen LogP contribution is 2.24. The molecule has 3 aromatic rings. The highest BCUT2D eigenvalue weighted by atomic mass is 19.1. The van der Waals surface area contributed by atoms with Crippen LogP contribution in [0.1, 0.15) is 76.8 Å². The lowest BCUT2D eigenvalue weighted by Crippen LogP contribution is -2.22. The fraction of sp³-hybridized carbons (Fsp3) is 0.312. The number of hydrogen-bond acceptors (Lipinski definition) is 5. The summed E-state index contributed by atoms with van der Waals surface area (Å²) in [5, 5.41) is 5.29. The van der Waals surface area contributed by atoms with Crippen LogP contribution in [0, 0.1) is 18.6 Å². The minimum atomic E-state index is -0.480. The van der Waals surface area contributed by atoms with E-state index in [1.165, 1.54) is 31.2 Å². The third-order valence-corrected chi connectivity index (χ3v) is 5.17. The van der Waals surface area contributed by atoms with Gasteiger partial charge in [-0.05, 0) is 61.7 Å². The Morgan fingerprint density at radius 1 is 0.872 bits per heavy atom. The van der Waals surface area contributed by atoms with Crippen LogP contribution in [0.2, 0.25) is 0 Å². The van der Waals surface area contributed by atoms with E-state index in [4.69, 9.17) is 4.84 Å². The number of aryl methyl sites for hydroxylation is 1. The normalized spacial score (nSPS) is 10.9. The first-order chi connectivity index (χ1) is 18.6. The maximum atomic E-state index is 13.0. The van der Waals surface area contributed by atoms with Crippen LogP contribution in [-0.4, -0.2) is 23.8 Å². The standard InChI is InChI=1S/C18H20FNO.C10H10FNO2.2C2H6/c1-13-7-5-6-8-18(13)15(3)21-20(4)14(2)16-9-11-17(19)12-10-16;1-7(12-14-8(2)13)9-3-5-10(11)6-4-9;2*1-2/h5-12,14H,3H2,1-2,4H3;3-6H,1-2H3;2*1-2H3/b;12-7+;;. The third kappa shape index (κ3) is 13.0. The summed E-state index contributed by atoms with van der Waals surface area (Å²) in [7, 11) is 1.84. The molecule has 39 heavy (non-hydrogen) atoms. The molecule has 3 rings (SSSR count). The van der Waals surface area contributed by atoms with Crippen molar-refractivity contribution in [2.75, 3.05) is 7.05 Å². The van der Waals surface area contributed by atoms with Gasteiger partial charge in [0.05, 0.1) is 11.8 Å². The van der Waals surface area contributed by atoms with Crippen LogP contribution < -0.4 is 0 Å². The topological polar surface area (TPSA) is 51.1 Å². The summed E-state index contributed by atoms with van der Waals surface area (Å²) in [5.41, 5.74) is 4.32. The molecule has 3 aromatic carbocycles. The first-order valence-corrected chi connectivity index (χ1v) is 13.0. The number of hydroxylamine groups is 2. The summed E-state index contributed by atoms with van der Waals surface area (Å²) in [6.07, 6.45) is 0. The van der Waals surface area contributed by atoms with Gasteiger partial charge in [-0.15, -0.1) is 5.06 Å². The molecular formula is C32H42F2N2O3. The molecular weight excluding hydrogens is 498 g/mol. The summed E-state index contributed by atoms with van der Waals surface area (Å²) >= 11 is 0. The maximum Gasteiger partial charge on any atom is 0.331 e. The van der Waals surface area contributed by atoms with Gasteiger partial charge in [-0.3, -0.25) is 0 Å². The van der Waals surface area contributed by atoms with E-state index in [9.17, 15) is 13.6 Å². The molecule has 0 amide bonds. The molecule has 0 N–H and O–H groups in total. The van der Waals surface area contributed by atoms with Gasteiger partial charge in [0.25, 0.3) is 0 Å². The fourth-order valence-corrected chi connectivity index (χ4v) is 3.02. The molecule has 0 bridgehead atoms. The Labute approximate surface area is 232 Å². The van der Waals surface area contributed by atoms with Crippen molar-refractivity contribution < 1.29 is 23.3 Å². The van der Waals surface area contributed by atoms with Crippen molar-refractivity contribution >= 4 is 17.4 Å². The van der Waals surface area contributed by atoms with E-state index in [0.29, 0.717) is 17.0 Å². The summed E-state index contributed by atoms with van der Waals surface area (Å²) in [4.78, 5) is 20.7. The van der Waals surface area contributed by atoms with Gasteiger partial charge in [0.1, 0.15) is 17.4 Å². The Hall–Kier alpha value is -3.84. The summed E-state index contributed by atoms with van der Waals surface area (Å²) in [6, 6.07) is 20.1. The van der Waals surface area contributed by atoms with Crippen molar-refractivity contribution in [2.45, 2.75) is 61.4 Å². The Bertz CT molecular complexity index is 1160. The van der Waals surface area contributed by atoms with Crippen LogP contribution in [0.3, 0.4) is 0 Å². The molecule has 7 heteroatoms. The van der Waals surface area contributed by atoms with Crippen molar-refractivity contribution in [1.82, 2.24) is 5.06 Å². The molecule has 5 nitrogen and oxygen atoms in total. The van der Waals surface area contributed by atoms with Crippen molar-refractivity contribution in [3.05, 3.63) is 113 Å². The van der Waals surface area contributed by atoms with E-state index in [1.54, 1.807) is 36.3 Å². The average molecular weight is 541 g/mol. The third-order valence-electron chi connectivity index (χ3n) is 5.17. The minimum Gasteiger partial charge on any atom is -0.406 e. The zero-order chi connectivity index (χ0) is 30.0. The van der Waals surface area contributed by atoms with E-state index in [0.717, 1.165) is 16.7 Å². The number of rotatable bonds is 7. The summed E-state index contributed by atoms with van der Waals surface area (Å²) in [6.45, 7) is 19.0. The van der Waals surface area contributed by atoms with Crippen molar-refractivity contribution in [3.63, 3.8) is 0 Å². The zero-order valence-electron chi connectivity index (χ0n) is 24.6. The van der Waals surface area contributed by atoms with Gasteiger partial charge in [-0.2, -0.15) is 0 Å². The van der Waals surface area contributed by atoms with E-state index >= 15 is 0 Å². The molecule has 212 valence electrons. The smallest absolute Gasteiger partial charge is 0.331 e. The number of halogens is 2. The second kappa shape index (κ2) is 19.3. The molecule has 0 aromatic heterocycles. The summed E-state index contributed by atoms with van der Waals surface area (Å²) < 4.78 is 25.5. The SMILES string of the molecule is C=C(ON(C)C(C)c1ccc(F)cc1)c1ccccc1C.CC.CC.CC(=O)O/N=C(\C)c1ccc(F)cc1. The summed E-state index contributed by atoms with van der Waals surface area (Å²) in [5.74, 6) is -0.427. The molecule has 0 aliphatic carbocycles. The zero-order valence-corrected chi connectivity index (χ0v) is 24.6. The largest absolute Gasteiger partial charge is 0.406 e. The Kier molecular flexibility index (Phi) is 17.4. The second-order valence-corrected chi connectivity index (χ2v) is 7.87. The molecule has 0 spiro atoms. The lowest BCUT2D eigenvalue weighted by atomic mass is 10.1. The van der Waals surface area contributed by atoms with Crippen LogP contribution in [0.25, 0.3) is 5.76 Å². The van der Waals surface area contributed by atoms with Gasteiger partial charge in [0, 0.05) is 19.5 Å². The number of carbonyl (C=O) groups excluding carboxylic acids is 1. The number of carbonyl (C=O) groups is 1. The fourth-order valence-electron chi connectivity index (χ4n) is 3.02. The molecule has 0 aliphatic rings. The quantitative estimate of drug-likeness (QED) is 0.130. The molecule has 0 saturated carbocycles. The Morgan fingerprint density at radius 3 is 1.85 bits per heavy atom. The van der Waals surface area contributed by atoms with E-state index in [-0.39, 0.29) is 17.7 Å². The van der Waals surface area contributed by atoms with Gasteiger partial charge < -0.3 is 9.68 Å². The molecule has 0 aliphatic heterocycles. The monoisotopic (exact) mass is 540 g/mol. The average Bonchev–Trinajstić information content (AvgIpc) is 2.95. The van der Waals surface area contributed by atoms with E-state index < -0.39 is 5.97 Å². The van der Waals surface area contributed by atoms with Gasteiger partial charge in [-0.1, -0.05) is 88.0 Å². The van der Waals surface area contributed by atoms with Gasteiger partial charge >= 0.3 is 5.97 Å². The predicted molar refractivity (Wildman–Crippen MR) is 157 cm³/mol. The number of hydrogen-bond donors (Lipinski definition) is 0.